The van der Waals surface area contributed by atoms with Crippen LogP contribution in [-0.2, 0) is 9.47 Å². The largest absolute Gasteiger partial charge is 0.373 e. The fraction of sp³-hybridized carbons (Fsp3) is 0.500. The van der Waals surface area contributed by atoms with Gasteiger partial charge in [0.05, 0.1) is 0 Å². The molecule has 0 aromatic heterocycles. The predicted molar refractivity (Wildman–Crippen MR) is 47.7 cm³/mol. The molecule has 1 aliphatic carbocycles. The Morgan fingerprint density at radius 2 is 2.09 bits per heavy atom. The predicted octanol–water partition coefficient (Wildman–Crippen LogP) is 1.86. The quantitative estimate of drug-likeness (QED) is 0.660. The number of ether oxygens (including phenoxy) is 2. The van der Waals surface area contributed by atoms with Gasteiger partial charge in [-0.25, -0.2) is 0 Å². The first-order valence-corrected chi connectivity index (χ1v) is 4.15. The topological polar surface area (TPSA) is 18.5 Å². The van der Waals surface area contributed by atoms with Crippen molar-refractivity contribution in [3.05, 3.63) is 24.3 Å². The fourth-order valence-electron chi connectivity index (χ4n) is 1.00. The summed E-state index contributed by atoms with van der Waals surface area (Å²) in [6, 6.07) is 0. The van der Waals surface area contributed by atoms with Crippen LogP contribution in [0.15, 0.2) is 24.3 Å². The van der Waals surface area contributed by atoms with Crippen molar-refractivity contribution in [2.75, 3.05) is 14.2 Å². The highest BCUT2D eigenvalue weighted by atomic mass is 79.9. The van der Waals surface area contributed by atoms with Gasteiger partial charge in [-0.1, -0.05) is 18.2 Å². The summed E-state index contributed by atoms with van der Waals surface area (Å²) in [5.41, 5.74) is 0. The van der Waals surface area contributed by atoms with E-state index in [0.29, 0.717) is 0 Å². The van der Waals surface area contributed by atoms with E-state index in [2.05, 4.69) is 15.9 Å². The van der Waals surface area contributed by atoms with Crippen LogP contribution in [0.4, 0.5) is 0 Å². The third-order valence-corrected chi connectivity index (χ3v) is 2.71. The highest BCUT2D eigenvalue weighted by molar-refractivity contribution is 9.10. The molecular formula is C8H11BrO2. The number of alkyl halides is 1. The van der Waals surface area contributed by atoms with Crippen LogP contribution in [-0.4, -0.2) is 24.8 Å². The Balaban J connectivity index is 2.77. The van der Waals surface area contributed by atoms with E-state index in [4.69, 9.17) is 9.47 Å². The van der Waals surface area contributed by atoms with Crippen molar-refractivity contribution in [3.8, 4) is 0 Å². The summed E-state index contributed by atoms with van der Waals surface area (Å²) >= 11 is 3.44. The van der Waals surface area contributed by atoms with Gasteiger partial charge in [0.25, 0.3) is 0 Å². The Bertz CT molecular complexity index is 189. The van der Waals surface area contributed by atoms with Gasteiger partial charge in [-0.15, -0.1) is 0 Å². The minimum absolute atomic E-state index is 0.0579. The van der Waals surface area contributed by atoms with E-state index in [1.165, 1.54) is 0 Å². The summed E-state index contributed by atoms with van der Waals surface area (Å²) in [6.07, 6.45) is 7.66. The molecular weight excluding hydrogens is 208 g/mol. The second-order valence-corrected chi connectivity index (χ2v) is 3.54. The van der Waals surface area contributed by atoms with Crippen LogP contribution in [0, 0.1) is 0 Å². The minimum atomic E-state index is -0.490. The van der Waals surface area contributed by atoms with E-state index < -0.39 is 4.51 Å². The highest BCUT2D eigenvalue weighted by Crippen LogP contribution is 2.30. The lowest BCUT2D eigenvalue weighted by Crippen LogP contribution is -2.37. The second kappa shape index (κ2) is 3.52. The van der Waals surface area contributed by atoms with Gasteiger partial charge < -0.3 is 9.47 Å². The molecule has 0 saturated carbocycles. The van der Waals surface area contributed by atoms with Crippen LogP contribution in [0.2, 0.25) is 0 Å². The Kier molecular flexibility index (Phi) is 2.87. The molecule has 1 rings (SSSR count). The molecule has 0 aliphatic heterocycles. The summed E-state index contributed by atoms with van der Waals surface area (Å²) in [6.45, 7) is 0. The Labute approximate surface area is 75.0 Å². The van der Waals surface area contributed by atoms with Crippen LogP contribution < -0.4 is 0 Å². The third-order valence-electron chi connectivity index (χ3n) is 1.68. The molecule has 0 spiro atoms. The van der Waals surface area contributed by atoms with E-state index in [0.717, 1.165) is 0 Å². The zero-order valence-corrected chi connectivity index (χ0v) is 8.17. The first kappa shape index (κ1) is 8.97. The molecule has 0 N–H and O–H groups in total. The SMILES string of the molecule is COC1C=CC=CC1(Br)OC. The van der Waals surface area contributed by atoms with E-state index in [1.807, 2.05) is 24.3 Å². The van der Waals surface area contributed by atoms with E-state index in [-0.39, 0.29) is 6.10 Å². The van der Waals surface area contributed by atoms with Crippen molar-refractivity contribution in [2.45, 2.75) is 10.6 Å². The first-order valence-electron chi connectivity index (χ1n) is 3.36. The van der Waals surface area contributed by atoms with Gasteiger partial charge >= 0.3 is 0 Å². The fourth-order valence-corrected chi connectivity index (χ4v) is 1.49. The van der Waals surface area contributed by atoms with Crippen LogP contribution in [0.5, 0.6) is 0 Å². The lowest BCUT2D eigenvalue weighted by Gasteiger charge is -2.30. The van der Waals surface area contributed by atoms with Gasteiger partial charge in [-0.3, -0.25) is 0 Å². The van der Waals surface area contributed by atoms with E-state index >= 15 is 0 Å². The summed E-state index contributed by atoms with van der Waals surface area (Å²) in [5, 5.41) is 0. The maximum Gasteiger partial charge on any atom is 0.170 e. The van der Waals surface area contributed by atoms with Crippen molar-refractivity contribution in [3.63, 3.8) is 0 Å². The van der Waals surface area contributed by atoms with Crippen molar-refractivity contribution < 1.29 is 9.47 Å². The monoisotopic (exact) mass is 218 g/mol. The van der Waals surface area contributed by atoms with Crippen LogP contribution >= 0.6 is 15.9 Å². The molecule has 0 amide bonds. The molecule has 62 valence electrons. The van der Waals surface area contributed by atoms with Crippen LogP contribution in [0.1, 0.15) is 0 Å². The van der Waals surface area contributed by atoms with Gasteiger partial charge in [-0.2, -0.15) is 0 Å². The molecule has 1 aliphatic rings. The number of methoxy groups -OCH3 is 2. The van der Waals surface area contributed by atoms with Gasteiger partial charge in [0.15, 0.2) is 4.51 Å². The zero-order chi connectivity index (χ0) is 8.32. The number of halogens is 1. The normalized spacial score (nSPS) is 36.1. The zero-order valence-electron chi connectivity index (χ0n) is 6.58. The minimum Gasteiger partial charge on any atom is -0.373 e. The molecule has 0 aromatic carbocycles. The lowest BCUT2D eigenvalue weighted by atomic mass is 10.1. The summed E-state index contributed by atoms with van der Waals surface area (Å²) in [4.78, 5) is 0. The van der Waals surface area contributed by atoms with Crippen molar-refractivity contribution in [1.29, 1.82) is 0 Å². The maximum atomic E-state index is 5.24. The highest BCUT2D eigenvalue weighted by Gasteiger charge is 2.33. The summed E-state index contributed by atoms with van der Waals surface area (Å²) in [5.74, 6) is 0. The summed E-state index contributed by atoms with van der Waals surface area (Å²) < 4.78 is 9.93. The van der Waals surface area contributed by atoms with Crippen LogP contribution in [0.25, 0.3) is 0 Å². The van der Waals surface area contributed by atoms with Crippen molar-refractivity contribution in [2.24, 2.45) is 0 Å². The van der Waals surface area contributed by atoms with Gasteiger partial charge in [-0.05, 0) is 22.0 Å². The molecule has 3 heteroatoms. The Hall–Kier alpha value is -0.120. The molecule has 0 bridgehead atoms. The maximum absolute atomic E-state index is 5.24. The number of hydrogen-bond donors (Lipinski definition) is 0. The molecule has 2 atom stereocenters. The third kappa shape index (κ3) is 1.72. The van der Waals surface area contributed by atoms with Gasteiger partial charge in [0, 0.05) is 14.2 Å². The number of allylic oxidation sites excluding steroid dienone is 2. The Morgan fingerprint density at radius 1 is 1.36 bits per heavy atom. The van der Waals surface area contributed by atoms with Crippen molar-refractivity contribution in [1.82, 2.24) is 0 Å². The molecule has 11 heavy (non-hydrogen) atoms. The Morgan fingerprint density at radius 3 is 2.55 bits per heavy atom. The number of rotatable bonds is 2. The first-order chi connectivity index (χ1) is 5.23. The molecule has 0 fully saturated rings. The summed E-state index contributed by atoms with van der Waals surface area (Å²) in [7, 11) is 3.30. The number of hydrogen-bond acceptors (Lipinski definition) is 2. The average molecular weight is 219 g/mol. The molecule has 0 aromatic rings. The second-order valence-electron chi connectivity index (χ2n) is 2.30. The van der Waals surface area contributed by atoms with Gasteiger partial charge in [0.1, 0.15) is 6.10 Å². The van der Waals surface area contributed by atoms with E-state index in [9.17, 15) is 0 Å². The average Bonchev–Trinajstić information content (AvgIpc) is 2.05. The van der Waals surface area contributed by atoms with Crippen molar-refractivity contribution >= 4 is 15.9 Å². The molecule has 0 saturated heterocycles. The molecule has 2 nitrogen and oxygen atoms in total. The standard InChI is InChI=1S/C8H11BrO2/c1-10-7-5-3-4-6-8(7,9)11-2/h3-7H,1-2H3. The smallest absolute Gasteiger partial charge is 0.170 e. The molecule has 0 heterocycles. The van der Waals surface area contributed by atoms with E-state index in [1.54, 1.807) is 14.2 Å². The van der Waals surface area contributed by atoms with Crippen LogP contribution in [0.3, 0.4) is 0 Å². The van der Waals surface area contributed by atoms with Gasteiger partial charge in [0.2, 0.25) is 0 Å². The molecule has 0 radical (unpaired) electrons. The lowest BCUT2D eigenvalue weighted by molar-refractivity contribution is -0.00342. The molecule has 2 unspecified atom stereocenters.